The molecule has 1 unspecified atom stereocenters. The number of imide groups is 1. The van der Waals surface area contributed by atoms with Gasteiger partial charge in [0.25, 0.3) is 5.91 Å². The van der Waals surface area contributed by atoms with E-state index in [1.807, 2.05) is 42.5 Å². The highest BCUT2D eigenvalue weighted by Gasteiger charge is 2.53. The van der Waals surface area contributed by atoms with E-state index in [2.05, 4.69) is 17.4 Å². The number of hydrogen-bond acceptors (Lipinski definition) is 2. The van der Waals surface area contributed by atoms with E-state index in [1.54, 1.807) is 4.90 Å². The Labute approximate surface area is 135 Å². The average Bonchev–Trinajstić information content (AvgIpc) is 2.80. The van der Waals surface area contributed by atoms with Crippen LogP contribution in [-0.2, 0) is 24.2 Å². The molecule has 0 saturated carbocycles. The molecule has 0 radical (unpaired) electrons. The van der Waals surface area contributed by atoms with Crippen molar-refractivity contribution in [3.05, 3.63) is 71.3 Å². The second-order valence-electron chi connectivity index (χ2n) is 6.31. The third kappa shape index (κ3) is 2.22. The van der Waals surface area contributed by atoms with Crippen molar-refractivity contribution >= 4 is 11.9 Å². The van der Waals surface area contributed by atoms with Crippen molar-refractivity contribution in [2.24, 2.45) is 0 Å². The summed E-state index contributed by atoms with van der Waals surface area (Å²) in [5, 5.41) is 2.53. The van der Waals surface area contributed by atoms with E-state index in [0.717, 1.165) is 12.0 Å². The second kappa shape index (κ2) is 5.23. The predicted octanol–water partition coefficient (Wildman–Crippen LogP) is 2.67. The maximum absolute atomic E-state index is 12.6. The van der Waals surface area contributed by atoms with Gasteiger partial charge >= 0.3 is 6.03 Å². The van der Waals surface area contributed by atoms with Gasteiger partial charge in [-0.15, -0.1) is 0 Å². The summed E-state index contributed by atoms with van der Waals surface area (Å²) in [5.41, 5.74) is 2.74. The summed E-state index contributed by atoms with van der Waals surface area (Å²) in [7, 11) is 0. The Hall–Kier alpha value is -2.62. The maximum atomic E-state index is 12.6. The van der Waals surface area contributed by atoms with Crippen LogP contribution in [-0.4, -0.2) is 22.4 Å². The van der Waals surface area contributed by atoms with E-state index in [9.17, 15) is 9.59 Å². The molecule has 1 saturated heterocycles. The molecule has 0 bridgehead atoms. The van der Waals surface area contributed by atoms with Crippen LogP contribution in [0, 0.1) is 0 Å². The standard InChI is InChI=1S/C19H18N2O2/c22-17-19(11-10-15-8-4-5-9-16(15)12-19)21(18(23)20-17)13-14-6-2-1-3-7-14/h1-9H,10-13H2,(H,20,22,23). The van der Waals surface area contributed by atoms with E-state index in [-0.39, 0.29) is 11.9 Å². The van der Waals surface area contributed by atoms with Gasteiger partial charge in [-0.05, 0) is 29.5 Å². The molecule has 0 aromatic heterocycles. The molecule has 4 nitrogen and oxygen atoms in total. The van der Waals surface area contributed by atoms with Gasteiger partial charge in [-0.3, -0.25) is 10.1 Å². The van der Waals surface area contributed by atoms with Gasteiger partial charge in [-0.25, -0.2) is 4.79 Å². The zero-order valence-electron chi connectivity index (χ0n) is 12.8. The molecule has 1 atom stereocenters. The topological polar surface area (TPSA) is 49.4 Å². The number of carbonyl (C=O) groups excluding carboxylic acids is 2. The van der Waals surface area contributed by atoms with Crippen molar-refractivity contribution in [2.75, 3.05) is 0 Å². The van der Waals surface area contributed by atoms with Gasteiger partial charge in [0.1, 0.15) is 5.54 Å². The fraction of sp³-hybridized carbons (Fsp3) is 0.263. The van der Waals surface area contributed by atoms with Crippen molar-refractivity contribution in [3.63, 3.8) is 0 Å². The Morgan fingerprint density at radius 3 is 2.43 bits per heavy atom. The van der Waals surface area contributed by atoms with E-state index in [1.165, 1.54) is 11.1 Å². The number of benzene rings is 2. The van der Waals surface area contributed by atoms with E-state index in [0.29, 0.717) is 19.4 Å². The van der Waals surface area contributed by atoms with E-state index in [4.69, 9.17) is 0 Å². The number of nitrogens with zero attached hydrogens (tertiary/aromatic N) is 1. The first-order valence-electron chi connectivity index (χ1n) is 7.93. The third-order valence-electron chi connectivity index (χ3n) is 5.00. The maximum Gasteiger partial charge on any atom is 0.325 e. The number of aryl methyl sites for hydroxylation is 1. The smallest absolute Gasteiger partial charge is 0.305 e. The zero-order valence-corrected chi connectivity index (χ0v) is 12.8. The number of hydrogen-bond donors (Lipinski definition) is 1. The molecule has 1 N–H and O–H groups in total. The van der Waals surface area contributed by atoms with Crippen LogP contribution in [0.5, 0.6) is 0 Å². The molecule has 4 rings (SSSR count). The normalized spacial score (nSPS) is 23.0. The van der Waals surface area contributed by atoms with Crippen LogP contribution in [0.2, 0.25) is 0 Å². The SMILES string of the molecule is O=C1NC(=O)C2(CCc3ccccc3C2)N1Cc1ccccc1. The van der Waals surface area contributed by atoms with Crippen molar-refractivity contribution in [2.45, 2.75) is 31.3 Å². The van der Waals surface area contributed by atoms with Gasteiger partial charge in [0.2, 0.25) is 0 Å². The zero-order chi connectivity index (χ0) is 15.9. The Morgan fingerprint density at radius 2 is 1.65 bits per heavy atom. The molecule has 2 aromatic carbocycles. The first kappa shape index (κ1) is 14.0. The van der Waals surface area contributed by atoms with Crippen LogP contribution in [0.3, 0.4) is 0 Å². The number of carbonyl (C=O) groups is 2. The first-order chi connectivity index (χ1) is 11.2. The van der Waals surface area contributed by atoms with Gasteiger partial charge in [0.15, 0.2) is 0 Å². The minimum absolute atomic E-state index is 0.159. The van der Waals surface area contributed by atoms with Crippen LogP contribution in [0.4, 0.5) is 4.79 Å². The molecule has 3 amide bonds. The van der Waals surface area contributed by atoms with Gasteiger partial charge < -0.3 is 4.90 Å². The minimum atomic E-state index is -0.749. The largest absolute Gasteiger partial charge is 0.325 e. The highest BCUT2D eigenvalue weighted by Crippen LogP contribution is 2.37. The van der Waals surface area contributed by atoms with Crippen LogP contribution >= 0.6 is 0 Å². The van der Waals surface area contributed by atoms with Crippen molar-refractivity contribution in [1.29, 1.82) is 0 Å². The minimum Gasteiger partial charge on any atom is -0.305 e. The van der Waals surface area contributed by atoms with E-state index >= 15 is 0 Å². The molecule has 2 aromatic rings. The Morgan fingerprint density at radius 1 is 0.957 bits per heavy atom. The Bertz CT molecular complexity index is 772. The second-order valence-corrected chi connectivity index (χ2v) is 6.31. The van der Waals surface area contributed by atoms with Gasteiger partial charge in [-0.1, -0.05) is 54.6 Å². The van der Waals surface area contributed by atoms with Crippen LogP contribution in [0.1, 0.15) is 23.1 Å². The Kier molecular flexibility index (Phi) is 3.18. The molecule has 1 heterocycles. The molecular weight excluding hydrogens is 288 g/mol. The molecule has 23 heavy (non-hydrogen) atoms. The van der Waals surface area contributed by atoms with Crippen molar-refractivity contribution < 1.29 is 9.59 Å². The number of rotatable bonds is 2. The third-order valence-corrected chi connectivity index (χ3v) is 5.00. The summed E-state index contributed by atoms with van der Waals surface area (Å²) in [6, 6.07) is 17.7. The van der Waals surface area contributed by atoms with Crippen LogP contribution in [0.25, 0.3) is 0 Å². The molecule has 2 aliphatic rings. The van der Waals surface area contributed by atoms with Gasteiger partial charge in [0, 0.05) is 13.0 Å². The summed E-state index contributed by atoms with van der Waals surface area (Å²) < 4.78 is 0. The highest BCUT2D eigenvalue weighted by molar-refractivity contribution is 6.07. The lowest BCUT2D eigenvalue weighted by Crippen LogP contribution is -2.53. The quantitative estimate of drug-likeness (QED) is 0.867. The molecule has 1 aliphatic heterocycles. The number of fused-ring (bicyclic) bond motifs is 1. The Balaban J connectivity index is 1.70. The first-order valence-corrected chi connectivity index (χ1v) is 7.93. The van der Waals surface area contributed by atoms with Crippen molar-refractivity contribution in [3.8, 4) is 0 Å². The van der Waals surface area contributed by atoms with Gasteiger partial charge in [0.05, 0.1) is 0 Å². The summed E-state index contributed by atoms with van der Waals surface area (Å²) in [5.74, 6) is -0.159. The number of urea groups is 1. The molecular formula is C19H18N2O2. The predicted molar refractivity (Wildman–Crippen MR) is 86.7 cm³/mol. The highest BCUT2D eigenvalue weighted by atomic mass is 16.2. The molecule has 1 spiro atoms. The summed E-state index contributed by atoms with van der Waals surface area (Å²) >= 11 is 0. The lowest BCUT2D eigenvalue weighted by atomic mass is 9.77. The number of amides is 3. The summed E-state index contributed by atoms with van der Waals surface area (Å²) in [6.07, 6.45) is 2.09. The fourth-order valence-corrected chi connectivity index (χ4v) is 3.73. The van der Waals surface area contributed by atoms with Gasteiger partial charge in [-0.2, -0.15) is 0 Å². The van der Waals surface area contributed by atoms with Crippen LogP contribution < -0.4 is 5.32 Å². The summed E-state index contributed by atoms with van der Waals surface area (Å²) in [6.45, 7) is 0.459. The van der Waals surface area contributed by atoms with Crippen LogP contribution in [0.15, 0.2) is 54.6 Å². The lowest BCUT2D eigenvalue weighted by Gasteiger charge is -2.39. The number of nitrogens with one attached hydrogen (secondary N) is 1. The van der Waals surface area contributed by atoms with E-state index < -0.39 is 5.54 Å². The molecule has 4 heteroatoms. The monoisotopic (exact) mass is 306 g/mol. The molecule has 116 valence electrons. The fourth-order valence-electron chi connectivity index (χ4n) is 3.73. The molecule has 1 aliphatic carbocycles. The molecule has 1 fully saturated rings. The lowest BCUT2D eigenvalue weighted by molar-refractivity contribution is -0.127. The summed E-state index contributed by atoms with van der Waals surface area (Å²) in [4.78, 5) is 26.7. The van der Waals surface area contributed by atoms with Crippen molar-refractivity contribution in [1.82, 2.24) is 10.2 Å². The average molecular weight is 306 g/mol.